The van der Waals surface area contributed by atoms with E-state index in [-0.39, 0.29) is 6.04 Å². The van der Waals surface area contributed by atoms with E-state index in [2.05, 4.69) is 26.1 Å². The van der Waals surface area contributed by atoms with Gasteiger partial charge in [0.25, 0.3) is 0 Å². The van der Waals surface area contributed by atoms with Gasteiger partial charge in [0.05, 0.1) is 12.7 Å². The Balaban J connectivity index is 2.47. The van der Waals surface area contributed by atoms with Gasteiger partial charge in [-0.2, -0.15) is 0 Å². The zero-order chi connectivity index (χ0) is 11.3. The third-order valence-corrected chi connectivity index (χ3v) is 3.32. The second-order valence-electron chi connectivity index (χ2n) is 4.34. The van der Waals surface area contributed by atoms with Gasteiger partial charge in [-0.3, -0.25) is 10.1 Å². The van der Waals surface area contributed by atoms with Crippen molar-refractivity contribution in [3.05, 3.63) is 0 Å². The van der Waals surface area contributed by atoms with Gasteiger partial charge in [0.15, 0.2) is 0 Å². The zero-order valence-electron chi connectivity index (χ0n) is 10.3. The van der Waals surface area contributed by atoms with Crippen LogP contribution in [0.25, 0.3) is 0 Å². The van der Waals surface area contributed by atoms with Crippen molar-refractivity contribution in [1.82, 2.24) is 10.2 Å². The van der Waals surface area contributed by atoms with Crippen molar-refractivity contribution in [3.8, 4) is 0 Å². The minimum absolute atomic E-state index is 0.0885. The molecule has 0 aromatic rings. The topological polar surface area (TPSA) is 32.3 Å². The van der Waals surface area contributed by atoms with E-state index in [1.165, 1.54) is 0 Å². The fourth-order valence-electron chi connectivity index (χ4n) is 2.25. The quantitative estimate of drug-likeness (QED) is 0.731. The Bertz CT molecular complexity index is 202. The van der Waals surface area contributed by atoms with E-state index in [1.54, 1.807) is 0 Å². The molecule has 1 unspecified atom stereocenters. The average Bonchev–Trinajstić information content (AvgIpc) is 2.60. The zero-order valence-corrected chi connectivity index (χ0v) is 10.3. The smallest absolute Gasteiger partial charge is 0.241 e. The summed E-state index contributed by atoms with van der Waals surface area (Å²) in [5, 5.41) is 3.32. The number of amides is 1. The van der Waals surface area contributed by atoms with E-state index < -0.39 is 0 Å². The highest BCUT2D eigenvalue weighted by Crippen LogP contribution is 2.16. The molecule has 3 heteroatoms. The van der Waals surface area contributed by atoms with Crippen LogP contribution in [0.15, 0.2) is 0 Å². The molecule has 0 aromatic heterocycles. The maximum Gasteiger partial charge on any atom is 0.241 e. The molecule has 1 fully saturated rings. The van der Waals surface area contributed by atoms with Crippen LogP contribution in [0.5, 0.6) is 0 Å². The molecule has 1 saturated heterocycles. The Kier molecular flexibility index (Phi) is 5.09. The number of carbonyl (C=O) groups is 1. The summed E-state index contributed by atoms with van der Waals surface area (Å²) in [7, 11) is 0. The van der Waals surface area contributed by atoms with Crippen molar-refractivity contribution in [1.29, 1.82) is 0 Å². The van der Waals surface area contributed by atoms with Gasteiger partial charge in [-0.1, -0.05) is 33.6 Å². The molecule has 1 atom stereocenters. The third kappa shape index (κ3) is 2.94. The van der Waals surface area contributed by atoms with Gasteiger partial charge in [-0.15, -0.1) is 0 Å². The second kappa shape index (κ2) is 6.11. The number of hydrogen-bond acceptors (Lipinski definition) is 2. The lowest BCUT2D eigenvalue weighted by Gasteiger charge is -2.25. The van der Waals surface area contributed by atoms with Crippen LogP contribution in [-0.2, 0) is 4.79 Å². The normalized spacial score (nSPS) is 21.7. The number of hydrogen-bond donors (Lipinski definition) is 1. The van der Waals surface area contributed by atoms with Crippen LogP contribution in [0.4, 0.5) is 0 Å². The Morgan fingerprint density at radius 3 is 2.60 bits per heavy atom. The fourth-order valence-corrected chi connectivity index (χ4v) is 2.25. The molecule has 0 spiro atoms. The Labute approximate surface area is 93.2 Å². The minimum Gasteiger partial charge on any atom is -0.326 e. The summed E-state index contributed by atoms with van der Waals surface area (Å²) in [5.41, 5.74) is 0. The van der Waals surface area contributed by atoms with E-state index in [4.69, 9.17) is 0 Å². The number of nitrogens with zero attached hydrogens (tertiary/aromatic N) is 1. The van der Waals surface area contributed by atoms with E-state index >= 15 is 0 Å². The van der Waals surface area contributed by atoms with Gasteiger partial charge in [-0.05, 0) is 19.3 Å². The van der Waals surface area contributed by atoms with Crippen molar-refractivity contribution in [3.63, 3.8) is 0 Å². The number of rotatable bonds is 6. The standard InChI is InChI=1S/C12H24N2O/c1-4-7-8-11-12(15)14(9-13-11)10(5-2)6-3/h10-11,13H,4-9H2,1-3H3. The molecular formula is C12H24N2O. The molecule has 0 saturated carbocycles. The molecule has 1 rings (SSSR count). The summed E-state index contributed by atoms with van der Waals surface area (Å²) < 4.78 is 0. The highest BCUT2D eigenvalue weighted by molar-refractivity contribution is 5.84. The van der Waals surface area contributed by atoms with Crippen molar-refractivity contribution < 1.29 is 4.79 Å². The van der Waals surface area contributed by atoms with Gasteiger partial charge < -0.3 is 4.90 Å². The van der Waals surface area contributed by atoms with Gasteiger partial charge in [0.2, 0.25) is 5.91 Å². The van der Waals surface area contributed by atoms with Crippen LogP contribution in [0.3, 0.4) is 0 Å². The summed E-state index contributed by atoms with van der Waals surface area (Å²) in [5.74, 6) is 0.317. The van der Waals surface area contributed by atoms with E-state index in [0.29, 0.717) is 11.9 Å². The Hall–Kier alpha value is -0.570. The lowest BCUT2D eigenvalue weighted by atomic mass is 10.1. The molecule has 1 aliphatic heterocycles. The van der Waals surface area contributed by atoms with Crippen LogP contribution in [0.1, 0.15) is 52.9 Å². The van der Waals surface area contributed by atoms with Gasteiger partial charge in [-0.25, -0.2) is 0 Å². The number of carbonyl (C=O) groups excluding carboxylic acids is 1. The SMILES string of the molecule is CCCCC1NCN(C(CC)CC)C1=O. The van der Waals surface area contributed by atoms with Gasteiger partial charge in [0, 0.05) is 6.04 Å². The first-order valence-electron chi connectivity index (χ1n) is 6.28. The molecule has 3 nitrogen and oxygen atoms in total. The summed E-state index contributed by atoms with van der Waals surface area (Å²) >= 11 is 0. The van der Waals surface area contributed by atoms with Crippen molar-refractivity contribution in [2.75, 3.05) is 6.67 Å². The maximum atomic E-state index is 12.0. The molecular weight excluding hydrogens is 188 g/mol. The first-order valence-corrected chi connectivity index (χ1v) is 6.28. The highest BCUT2D eigenvalue weighted by atomic mass is 16.2. The monoisotopic (exact) mass is 212 g/mol. The van der Waals surface area contributed by atoms with Crippen molar-refractivity contribution in [2.45, 2.75) is 65.0 Å². The predicted octanol–water partition coefficient (Wildman–Crippen LogP) is 2.12. The van der Waals surface area contributed by atoms with Crippen LogP contribution in [0, 0.1) is 0 Å². The molecule has 15 heavy (non-hydrogen) atoms. The molecule has 0 aliphatic carbocycles. The van der Waals surface area contributed by atoms with E-state index in [1.807, 2.05) is 4.90 Å². The number of unbranched alkanes of at least 4 members (excludes halogenated alkanes) is 1. The number of nitrogens with one attached hydrogen (secondary N) is 1. The average molecular weight is 212 g/mol. The molecule has 1 amide bonds. The van der Waals surface area contributed by atoms with Gasteiger partial charge in [0.1, 0.15) is 0 Å². The first-order chi connectivity index (χ1) is 7.24. The summed E-state index contributed by atoms with van der Waals surface area (Å²) in [6, 6.07) is 0.516. The van der Waals surface area contributed by atoms with Crippen molar-refractivity contribution >= 4 is 5.91 Å². The van der Waals surface area contributed by atoms with Gasteiger partial charge >= 0.3 is 0 Å². The fraction of sp³-hybridized carbons (Fsp3) is 0.917. The summed E-state index contributed by atoms with van der Waals surface area (Å²) in [6.07, 6.45) is 5.41. The molecule has 0 radical (unpaired) electrons. The maximum absolute atomic E-state index is 12.0. The van der Waals surface area contributed by atoms with E-state index in [0.717, 1.165) is 38.8 Å². The molecule has 88 valence electrons. The second-order valence-corrected chi connectivity index (χ2v) is 4.34. The molecule has 1 N–H and O–H groups in total. The Morgan fingerprint density at radius 2 is 2.07 bits per heavy atom. The van der Waals surface area contributed by atoms with Crippen LogP contribution in [-0.4, -0.2) is 29.6 Å². The Morgan fingerprint density at radius 1 is 1.40 bits per heavy atom. The largest absolute Gasteiger partial charge is 0.326 e. The van der Waals surface area contributed by atoms with Crippen LogP contribution < -0.4 is 5.32 Å². The third-order valence-electron chi connectivity index (χ3n) is 3.32. The lowest BCUT2D eigenvalue weighted by Crippen LogP contribution is -2.37. The first kappa shape index (κ1) is 12.5. The molecule has 0 bridgehead atoms. The van der Waals surface area contributed by atoms with Crippen LogP contribution in [0.2, 0.25) is 0 Å². The van der Waals surface area contributed by atoms with Crippen LogP contribution >= 0.6 is 0 Å². The van der Waals surface area contributed by atoms with Crippen molar-refractivity contribution in [2.24, 2.45) is 0 Å². The highest BCUT2D eigenvalue weighted by Gasteiger charge is 2.33. The molecule has 0 aromatic carbocycles. The molecule has 1 heterocycles. The lowest BCUT2D eigenvalue weighted by molar-refractivity contribution is -0.131. The molecule has 1 aliphatic rings. The summed E-state index contributed by atoms with van der Waals surface area (Å²) in [6.45, 7) is 7.22. The minimum atomic E-state index is 0.0885. The summed E-state index contributed by atoms with van der Waals surface area (Å²) in [4.78, 5) is 14.0. The predicted molar refractivity (Wildman–Crippen MR) is 62.5 cm³/mol. The van der Waals surface area contributed by atoms with E-state index in [9.17, 15) is 4.79 Å².